The fraction of sp³-hybridized carbons (Fsp3) is 0.682. The summed E-state index contributed by atoms with van der Waals surface area (Å²) in [5, 5.41) is 6.85. The van der Waals surface area contributed by atoms with Gasteiger partial charge in [0.15, 0.2) is 5.65 Å². The zero-order chi connectivity index (χ0) is 24.3. The predicted molar refractivity (Wildman–Crippen MR) is 112 cm³/mol. The van der Waals surface area contributed by atoms with Crippen molar-refractivity contribution in [1.29, 1.82) is 0 Å². The van der Waals surface area contributed by atoms with E-state index in [1.54, 1.807) is 23.0 Å². The molecule has 2 aromatic rings. The van der Waals surface area contributed by atoms with Crippen LogP contribution in [0.5, 0.6) is 0 Å². The lowest BCUT2D eigenvalue weighted by molar-refractivity contribution is -0.138. The van der Waals surface area contributed by atoms with Crippen LogP contribution in [-0.4, -0.2) is 50.2 Å². The van der Waals surface area contributed by atoms with Gasteiger partial charge in [0.05, 0.1) is 42.6 Å². The minimum Gasteiger partial charge on any atom is -0.333 e. The molecule has 2 amide bonds. The van der Waals surface area contributed by atoms with Gasteiger partial charge in [0.25, 0.3) is 0 Å². The lowest BCUT2D eigenvalue weighted by Crippen LogP contribution is -2.33. The number of hydrogen-bond acceptors (Lipinski definition) is 4. The summed E-state index contributed by atoms with van der Waals surface area (Å²) < 4.78 is 67.1. The number of amides is 2. The highest BCUT2D eigenvalue weighted by Gasteiger charge is 2.45. The fourth-order valence-electron chi connectivity index (χ4n) is 5.27. The number of hydrogen-bond donors (Lipinski definition) is 2. The number of aromatic nitrogens is 3. The average Bonchev–Trinajstić information content (AvgIpc) is 3.38. The van der Waals surface area contributed by atoms with Gasteiger partial charge >= 0.3 is 12.2 Å². The molecule has 3 atom stereocenters. The molecule has 2 aromatic heterocycles. The molecule has 0 radical (unpaired) electrons. The van der Waals surface area contributed by atoms with Gasteiger partial charge in [-0.1, -0.05) is 0 Å². The van der Waals surface area contributed by atoms with Gasteiger partial charge in [-0.15, -0.1) is 0 Å². The zero-order valence-corrected chi connectivity index (χ0v) is 18.4. The van der Waals surface area contributed by atoms with E-state index in [1.807, 2.05) is 0 Å². The molecule has 1 saturated heterocycles. The first kappa shape index (κ1) is 23.3. The highest BCUT2D eigenvalue weighted by molar-refractivity contribution is 5.77. The molecule has 5 rings (SSSR count). The van der Waals surface area contributed by atoms with E-state index in [9.17, 15) is 26.7 Å². The Hall–Kier alpha value is -2.50. The first-order valence-corrected chi connectivity index (χ1v) is 11.6. The van der Waals surface area contributed by atoms with E-state index < -0.39 is 36.6 Å². The lowest BCUT2D eigenvalue weighted by Gasteiger charge is -2.31. The van der Waals surface area contributed by atoms with Crippen molar-refractivity contribution in [2.24, 2.45) is 17.6 Å². The molecule has 0 aromatic carbocycles. The Labute approximate surface area is 192 Å². The van der Waals surface area contributed by atoms with Crippen molar-refractivity contribution in [3.05, 3.63) is 29.7 Å². The van der Waals surface area contributed by atoms with Gasteiger partial charge in [0.1, 0.15) is 0 Å². The number of carbonyl (C=O) groups excluding carboxylic acids is 1. The first-order chi connectivity index (χ1) is 16.0. The number of imidazole rings is 1. The van der Waals surface area contributed by atoms with Crippen LogP contribution in [0.15, 0.2) is 18.5 Å². The summed E-state index contributed by atoms with van der Waals surface area (Å²) in [6.45, 7) is -0.0262. The smallest absolute Gasteiger partial charge is 0.333 e. The number of nitrogens with zero attached hydrogens (tertiary/aromatic N) is 4. The molecule has 7 nitrogen and oxygen atoms in total. The minimum absolute atomic E-state index is 0.0262. The molecule has 186 valence electrons. The van der Waals surface area contributed by atoms with Crippen LogP contribution in [0.25, 0.3) is 5.65 Å². The summed E-state index contributed by atoms with van der Waals surface area (Å²) >= 11 is 0. The fourth-order valence-corrected chi connectivity index (χ4v) is 5.27. The number of rotatable bonds is 6. The van der Waals surface area contributed by atoms with Crippen molar-refractivity contribution in [3.63, 3.8) is 0 Å². The maximum absolute atomic E-state index is 13.5. The summed E-state index contributed by atoms with van der Waals surface area (Å²) in [5.74, 6) is -2.58. The number of halogens is 5. The average molecular weight is 486 g/mol. The molecule has 2 aliphatic carbocycles. The number of nitrogens with two attached hydrogens (primary N) is 1. The quantitative estimate of drug-likeness (QED) is 0.595. The minimum atomic E-state index is -4.36. The molecular weight excluding hydrogens is 459 g/mol. The molecule has 0 unspecified atom stereocenters. The molecule has 3 heterocycles. The first-order valence-electron chi connectivity index (χ1n) is 11.6. The van der Waals surface area contributed by atoms with Crippen LogP contribution >= 0.6 is 0 Å². The van der Waals surface area contributed by atoms with Gasteiger partial charge in [0.2, 0.25) is 5.92 Å². The van der Waals surface area contributed by atoms with Gasteiger partial charge in [-0.05, 0) is 49.1 Å². The highest BCUT2D eigenvalue weighted by Crippen LogP contribution is 2.46. The number of carbonyl (C=O) groups is 1. The topological polar surface area (TPSA) is 88.5 Å². The third-order valence-corrected chi connectivity index (χ3v) is 7.20. The Balaban J connectivity index is 1.35. The molecule has 1 aliphatic heterocycles. The number of urea groups is 1. The third kappa shape index (κ3) is 4.82. The standard InChI is InChI=1S/C22H27F5N6O/c23-21(24)5-3-12(4-6-21)18(28)16-11-33-17(31-16)7-14(9-29-33)19(13-1-2-13)32-10-15(30-20(32)34)8-22(25,26)27/h7,9,11-13,15,18-19H,1-6,8,10,28H2,(H,30,34)/t15-,18+,19-/m1/s1. The Kier molecular flexibility index (Phi) is 5.69. The van der Waals surface area contributed by atoms with Crippen LogP contribution in [0.1, 0.15) is 68.3 Å². The van der Waals surface area contributed by atoms with Crippen molar-refractivity contribution in [2.45, 2.75) is 75.2 Å². The second-order valence-electron chi connectivity index (χ2n) is 9.88. The zero-order valence-electron chi connectivity index (χ0n) is 18.4. The van der Waals surface area contributed by atoms with Gasteiger partial charge in [-0.25, -0.2) is 23.1 Å². The molecule has 3 N–H and O–H groups in total. The normalized spacial score (nSPS) is 25.5. The SMILES string of the molecule is N[C@H](c1cn2ncc([C@@H](C3CC3)N3C[C@@H](CC(F)(F)F)NC3=O)cc2n1)C1CCC(F)(F)CC1. The van der Waals surface area contributed by atoms with E-state index >= 15 is 0 Å². The Bertz CT molecular complexity index is 1060. The number of nitrogens with one attached hydrogen (secondary N) is 1. The van der Waals surface area contributed by atoms with Crippen molar-refractivity contribution < 1.29 is 26.7 Å². The highest BCUT2D eigenvalue weighted by atomic mass is 19.4. The summed E-state index contributed by atoms with van der Waals surface area (Å²) in [7, 11) is 0. The largest absolute Gasteiger partial charge is 0.391 e. The monoisotopic (exact) mass is 486 g/mol. The Morgan fingerprint density at radius 1 is 1.18 bits per heavy atom. The molecule has 3 aliphatic rings. The van der Waals surface area contributed by atoms with Crippen molar-refractivity contribution in [2.75, 3.05) is 6.54 Å². The Morgan fingerprint density at radius 3 is 2.53 bits per heavy atom. The van der Waals surface area contributed by atoms with E-state index in [0.717, 1.165) is 12.8 Å². The van der Waals surface area contributed by atoms with Crippen molar-refractivity contribution in [3.8, 4) is 0 Å². The third-order valence-electron chi connectivity index (χ3n) is 7.20. The van der Waals surface area contributed by atoms with Crippen LogP contribution in [0.4, 0.5) is 26.7 Å². The predicted octanol–water partition coefficient (Wildman–Crippen LogP) is 4.35. The van der Waals surface area contributed by atoms with E-state index in [0.29, 0.717) is 29.7 Å². The second kappa shape index (κ2) is 8.31. The number of alkyl halides is 5. The Morgan fingerprint density at radius 2 is 1.88 bits per heavy atom. The summed E-state index contributed by atoms with van der Waals surface area (Å²) in [6, 6.07) is -0.584. The molecule has 2 saturated carbocycles. The molecule has 0 bridgehead atoms. The van der Waals surface area contributed by atoms with E-state index in [-0.39, 0.29) is 37.3 Å². The second-order valence-corrected chi connectivity index (χ2v) is 9.88. The van der Waals surface area contributed by atoms with Crippen LogP contribution in [0.3, 0.4) is 0 Å². The van der Waals surface area contributed by atoms with Crippen LogP contribution in [0.2, 0.25) is 0 Å². The van der Waals surface area contributed by atoms with Crippen LogP contribution < -0.4 is 11.1 Å². The molecule has 3 fully saturated rings. The van der Waals surface area contributed by atoms with E-state index in [4.69, 9.17) is 5.73 Å². The van der Waals surface area contributed by atoms with Crippen LogP contribution in [0, 0.1) is 11.8 Å². The molecule has 0 spiro atoms. The van der Waals surface area contributed by atoms with E-state index in [2.05, 4.69) is 15.4 Å². The van der Waals surface area contributed by atoms with Crippen molar-refractivity contribution >= 4 is 11.7 Å². The molecule has 34 heavy (non-hydrogen) atoms. The maximum Gasteiger partial charge on any atom is 0.391 e. The maximum atomic E-state index is 13.5. The molecule has 12 heteroatoms. The summed E-state index contributed by atoms with van der Waals surface area (Å²) in [5.41, 5.74) is 8.13. The summed E-state index contributed by atoms with van der Waals surface area (Å²) in [4.78, 5) is 18.6. The van der Waals surface area contributed by atoms with Crippen LogP contribution in [-0.2, 0) is 0 Å². The van der Waals surface area contributed by atoms with Gasteiger partial charge in [-0.3, -0.25) is 0 Å². The molecular formula is C22H27F5N6O. The lowest BCUT2D eigenvalue weighted by atomic mass is 9.81. The number of fused-ring (bicyclic) bond motifs is 1. The van der Waals surface area contributed by atoms with Crippen molar-refractivity contribution in [1.82, 2.24) is 24.8 Å². The van der Waals surface area contributed by atoms with Gasteiger partial charge in [-0.2, -0.15) is 18.3 Å². The van der Waals surface area contributed by atoms with Gasteiger partial charge < -0.3 is 16.0 Å². The van der Waals surface area contributed by atoms with Gasteiger partial charge in [0, 0.05) is 19.4 Å². The van der Waals surface area contributed by atoms with E-state index in [1.165, 1.54) is 4.90 Å². The summed E-state index contributed by atoms with van der Waals surface area (Å²) in [6.07, 6.45) is -0.0959.